The van der Waals surface area contributed by atoms with E-state index >= 15 is 0 Å². The van der Waals surface area contributed by atoms with E-state index in [1.807, 2.05) is 0 Å². The SMILES string of the molecule is CC(C)(C)OC(=O)N1CCS[C@H]1C(=O)O.CN(C)C(=O)c1cccc(S(=O)(=O)Cl)c1.COc1cc([C@@H](O)Cc2c(Cl)c[nH+]cc2Cl)ccc1OC(F)F.COc1cc([C@H](Cc2c(Cl)c[nH+]cc2Cl)OC(=O)[C@@H]2SCCN2C(=O)OC(C)(C)C)ccc1OC(F)F.COc1cc([C@H](Cc2c(Cl)c[nH+]cc2Cl)OC(=O)[C@H]2NCCS2)ccc1OC(F)F.Cl.S.S.S.S.S.S.[OH-].[OH-].[OH-]. The van der Waals surface area contributed by atoms with Gasteiger partial charge in [0.1, 0.15) is 53.5 Å². The van der Waals surface area contributed by atoms with Gasteiger partial charge < -0.3 is 78.9 Å². The molecule has 9 N–H and O–H groups in total. The van der Waals surface area contributed by atoms with Crippen LogP contribution in [0.3, 0.4) is 0 Å². The second-order valence-electron chi connectivity index (χ2n) is 27.2. The third-order valence-electron chi connectivity index (χ3n) is 16.2. The fraction of sp³-hybridized carbons (Fsp3) is 0.408. The normalized spacial score (nSPS) is 14.6. The third kappa shape index (κ3) is 42.3. The van der Waals surface area contributed by atoms with Gasteiger partial charge in [-0.1, -0.05) is 93.9 Å². The zero-order valence-electron chi connectivity index (χ0n) is 70.4. The zero-order valence-corrected chi connectivity index (χ0v) is 85.8. The fourth-order valence-electron chi connectivity index (χ4n) is 10.8. The van der Waals surface area contributed by atoms with E-state index in [4.69, 9.17) is 119 Å². The number of halogens is 14. The number of aliphatic carboxylic acids is 1. The van der Waals surface area contributed by atoms with Gasteiger partial charge in [-0.3, -0.25) is 19.9 Å². The van der Waals surface area contributed by atoms with Crippen LogP contribution in [0.2, 0.25) is 30.1 Å². The number of amides is 3. The molecule has 0 bridgehead atoms. The van der Waals surface area contributed by atoms with Crippen LogP contribution in [0.25, 0.3) is 0 Å². The van der Waals surface area contributed by atoms with Crippen LogP contribution in [0.4, 0.5) is 35.9 Å². The number of H-pyrrole nitrogens is 3. The summed E-state index contributed by atoms with van der Waals surface area (Å²) in [5, 5.41) is 22.2. The molecule has 0 aliphatic carbocycles. The van der Waals surface area contributed by atoms with Crippen molar-refractivity contribution in [3.05, 3.63) is 185 Å². The standard InChI is InChI=1S/C24H26Cl2F2N2O6S.C19H18Cl2F2N2O4S.C15H13Cl2F2NO3.C9H10ClNO3S.C9H15NO4S.ClH.3H2O.6H2S/c1-24(2,3)36-23(32)30-7-8-37-20(30)21(31)34-18(10-14-15(25)11-29-12-16(14)26)13-5-6-17(35-22(27)28)19(9-13)33-4;1-27-16-6-10(2-3-14(16)29-19(22)23)15(28-18(26)17-25-4-5-30-17)7-11-12(20)8-24-9-13(11)21;1-22-14-4-8(2-3-13(14)23-15(18)19)12(21)5-9-10(16)6-20-7-11(9)17;1-11(2)9(12)7-4-3-5-8(6-7)15(10,13)14;1-9(2,3)14-8(13)10-4-5-15-6(10)7(11)12;;;;;;;;;;/h5-6,9,11-12,18,20,22H,7-8,10H2,1-4H3;2-3,6,8-9,15,17,19,25H,4-5,7H2,1H3;2-4,6-7,12,15,21H,5H2,1H3;3-6H,1-2H3;6H,4-5H2,1-3H3,(H,11,12);1H;9*1H2/t18-,20-;15-,17-;12-;;6-;;;;;;;;;;/m000.0........../s1. The van der Waals surface area contributed by atoms with Crippen LogP contribution in [0.5, 0.6) is 34.5 Å². The van der Waals surface area contributed by atoms with Crippen LogP contribution >= 0.6 is 209 Å². The fourth-order valence-corrected chi connectivity index (χ4v) is 16.2. The Bertz CT molecular complexity index is 4760. The molecule has 54 heteroatoms. The van der Waals surface area contributed by atoms with E-state index in [1.165, 1.54) is 163 Å². The van der Waals surface area contributed by atoms with Gasteiger partial charge in [0, 0.05) is 103 Å². The van der Waals surface area contributed by atoms with E-state index in [0.29, 0.717) is 100 Å². The van der Waals surface area contributed by atoms with E-state index in [9.17, 15) is 68.6 Å². The number of carbonyl (C=O) groups is 6. The molecule has 7 aromatic rings. The first-order valence-electron chi connectivity index (χ1n) is 35.4. The molecule has 3 aliphatic heterocycles. The van der Waals surface area contributed by atoms with Gasteiger partial charge in [-0.2, -0.15) is 107 Å². The summed E-state index contributed by atoms with van der Waals surface area (Å²) in [6.45, 7) is 2.89. The van der Waals surface area contributed by atoms with Crippen LogP contribution in [0.15, 0.2) is 121 Å². The van der Waals surface area contributed by atoms with Crippen LogP contribution < -0.4 is 48.7 Å². The van der Waals surface area contributed by atoms with Crippen LogP contribution in [-0.2, 0) is 61.6 Å². The van der Waals surface area contributed by atoms with Gasteiger partial charge >= 0.3 is 49.9 Å². The molecule has 3 saturated heterocycles. The molecule has 3 fully saturated rings. The number of carboxylic acids is 1. The summed E-state index contributed by atoms with van der Waals surface area (Å²) in [5.41, 5.74) is 2.01. The average molecular weight is 2200 g/mol. The number of nitrogens with one attached hydrogen (secondary N) is 4. The quantitative estimate of drug-likeness (QED) is 0.0207. The first-order valence-corrected chi connectivity index (χ1v) is 43.1. The van der Waals surface area contributed by atoms with Crippen LogP contribution in [0.1, 0.15) is 104 Å². The Labute approximate surface area is 842 Å². The third-order valence-corrected chi connectivity index (χ3v) is 23.1. The minimum atomic E-state index is -3.78. The maximum absolute atomic E-state index is 13.3. The number of aliphatic hydroxyl groups excluding tert-OH is 1. The lowest BCUT2D eigenvalue weighted by atomic mass is 10.0. The lowest BCUT2D eigenvalue weighted by Crippen LogP contribution is -2.43. The number of carbonyl (C=O) groups excluding carboxylic acids is 5. The first-order chi connectivity index (χ1) is 56.3. The number of nitrogens with zero attached hydrogens (tertiary/aromatic N) is 3. The Kier molecular flexibility index (Phi) is 64.3. The molecule has 30 nitrogen and oxygen atoms in total. The molecule has 3 amide bonds. The number of hydrogen-bond donors (Lipinski definition) is 3. The Morgan fingerprint density at radius 2 is 0.862 bits per heavy atom. The number of aliphatic hydroxyl groups is 1. The molecular weight excluding hydrogens is 2100 g/mol. The van der Waals surface area contributed by atoms with Gasteiger partial charge in [-0.05, 0) is 113 Å². The number of methoxy groups -OCH3 is 3. The van der Waals surface area contributed by atoms with Crippen molar-refractivity contribution in [3.63, 3.8) is 0 Å². The van der Waals surface area contributed by atoms with E-state index in [0.717, 1.165) is 5.75 Å². The molecule has 0 unspecified atom stereocenters. The topological polar surface area (TPSA) is 423 Å². The van der Waals surface area contributed by atoms with Gasteiger partial charge in [-0.15, -0.1) is 47.7 Å². The minimum Gasteiger partial charge on any atom is -0.870 e. The van der Waals surface area contributed by atoms with Crippen molar-refractivity contribution in [1.29, 1.82) is 0 Å². The molecule has 3 aliphatic rings. The number of aromatic nitrogens is 3. The summed E-state index contributed by atoms with van der Waals surface area (Å²) >= 11 is 41.2. The lowest BCUT2D eigenvalue weighted by molar-refractivity contribution is -0.378. The molecule has 736 valence electrons. The van der Waals surface area contributed by atoms with Crippen molar-refractivity contribution in [2.45, 2.75) is 131 Å². The number of rotatable bonds is 25. The van der Waals surface area contributed by atoms with E-state index < -0.39 is 105 Å². The largest absolute Gasteiger partial charge is 0.870 e. The van der Waals surface area contributed by atoms with E-state index in [2.05, 4.69) is 34.5 Å². The smallest absolute Gasteiger partial charge is 0.411 e. The zero-order chi connectivity index (χ0) is 89.3. The highest BCUT2D eigenvalue weighted by atomic mass is 35.7. The lowest BCUT2D eigenvalue weighted by Gasteiger charge is -2.28. The molecule has 3 aromatic heterocycles. The molecule has 6 heterocycles. The number of esters is 2. The maximum atomic E-state index is 13.3. The predicted molar refractivity (Wildman–Crippen MR) is 515 cm³/mol. The Morgan fingerprint density at radius 3 is 1.19 bits per heavy atom. The van der Waals surface area contributed by atoms with Gasteiger partial charge in [-0.25, -0.2) is 47.3 Å². The monoisotopic (exact) mass is 2190 g/mol. The number of alkyl halides is 6. The summed E-state index contributed by atoms with van der Waals surface area (Å²) < 4.78 is 148. The van der Waals surface area contributed by atoms with Gasteiger partial charge in [0.2, 0.25) is 0 Å². The Balaban J connectivity index is -0.000000510. The predicted octanol–water partition coefficient (Wildman–Crippen LogP) is 16.4. The molecule has 0 saturated carbocycles. The van der Waals surface area contributed by atoms with Crippen molar-refractivity contribution in [3.8, 4) is 34.5 Å². The highest BCUT2D eigenvalue weighted by Crippen LogP contribution is 2.41. The number of thioether (sulfide) groups is 3. The number of hydrogen-bond acceptors (Lipinski definition) is 26. The summed E-state index contributed by atoms with van der Waals surface area (Å²) in [5.74, 6) is -0.652. The molecule has 0 radical (unpaired) electrons. The number of aromatic amines is 3. The molecule has 130 heavy (non-hydrogen) atoms. The molecule has 10 rings (SSSR count). The molecule has 4 aromatic carbocycles. The number of benzene rings is 4. The van der Waals surface area contributed by atoms with Gasteiger partial charge in [0.15, 0.2) is 87.8 Å². The summed E-state index contributed by atoms with van der Waals surface area (Å²) in [4.78, 5) is 84.8. The molecular formula is C76H101Cl8F6N7O23S10. The summed E-state index contributed by atoms with van der Waals surface area (Å²) in [7, 11) is 8.51. The van der Waals surface area contributed by atoms with Crippen molar-refractivity contribution < 1.29 is 152 Å². The van der Waals surface area contributed by atoms with E-state index in [-0.39, 0.29) is 174 Å². The maximum Gasteiger partial charge on any atom is 0.411 e. The van der Waals surface area contributed by atoms with Crippen molar-refractivity contribution in [2.24, 2.45) is 0 Å². The van der Waals surface area contributed by atoms with Crippen LogP contribution in [0, 0.1) is 0 Å². The van der Waals surface area contributed by atoms with E-state index in [1.54, 1.807) is 80.4 Å². The van der Waals surface area contributed by atoms with Crippen molar-refractivity contribution in [2.75, 3.05) is 72.3 Å². The summed E-state index contributed by atoms with van der Waals surface area (Å²) in [6, 6.07) is 18.4. The minimum absolute atomic E-state index is 0. The number of pyridine rings is 3. The average Bonchev–Trinajstić information content (AvgIpc) is 1.04. The van der Waals surface area contributed by atoms with Crippen molar-refractivity contribution >= 4 is 254 Å². The van der Waals surface area contributed by atoms with Gasteiger partial charge in [0.05, 0.1) is 32.3 Å². The Hall–Kier alpha value is -5.65. The van der Waals surface area contributed by atoms with Crippen molar-refractivity contribution in [1.82, 2.24) is 20.0 Å². The number of carboxylic acid groups (broad SMARTS) is 1. The number of ether oxygens (including phenoxy) is 10. The second kappa shape index (κ2) is 62.9. The molecule has 0 spiro atoms. The van der Waals surface area contributed by atoms with Crippen LogP contribution in [-0.4, -0.2) is 205 Å². The first kappa shape index (κ1) is 133. The highest BCUT2D eigenvalue weighted by molar-refractivity contribution is 8.13. The van der Waals surface area contributed by atoms with Gasteiger partial charge in [0.25, 0.3) is 15.0 Å². The summed E-state index contributed by atoms with van der Waals surface area (Å²) in [6.07, 6.45) is 5.81. The Morgan fingerprint density at radius 1 is 0.515 bits per heavy atom. The second-order valence-corrected chi connectivity index (χ2v) is 35.8. The molecule has 6 atom stereocenters. The highest BCUT2D eigenvalue weighted by Gasteiger charge is 2.41.